The number of allylic oxidation sites excluding steroid dienone is 4. The SMILES string of the molecule is C[C@@H]1C[C@H]2[C@H](C[C@H](O)[C@@]3(F)[C@H]2CCC2=CC(=O)C=C[C@@]23C)[C@@]1(O)C(=O)O. The van der Waals surface area contributed by atoms with Crippen LogP contribution in [0.3, 0.4) is 0 Å². The molecule has 8 atom stereocenters. The van der Waals surface area contributed by atoms with Gasteiger partial charge in [-0.15, -0.1) is 0 Å². The number of aliphatic hydroxyl groups excluding tert-OH is 1. The van der Waals surface area contributed by atoms with E-state index < -0.39 is 46.5 Å². The fourth-order valence-corrected chi connectivity index (χ4v) is 6.48. The van der Waals surface area contributed by atoms with Gasteiger partial charge in [0, 0.05) is 17.3 Å². The van der Waals surface area contributed by atoms with E-state index in [0.29, 0.717) is 24.8 Å². The lowest BCUT2D eigenvalue weighted by Gasteiger charge is -2.59. The van der Waals surface area contributed by atoms with Crippen molar-refractivity contribution in [2.45, 2.75) is 56.9 Å². The Labute approximate surface area is 151 Å². The Bertz CT molecular complexity index is 744. The number of aliphatic carboxylic acids is 1. The highest BCUT2D eigenvalue weighted by atomic mass is 19.1. The molecule has 4 rings (SSSR count). The van der Waals surface area contributed by atoms with Crippen LogP contribution in [-0.2, 0) is 9.59 Å². The zero-order chi connectivity index (χ0) is 19.1. The van der Waals surface area contributed by atoms with Gasteiger partial charge in [0.25, 0.3) is 0 Å². The lowest BCUT2D eigenvalue weighted by atomic mass is 9.48. The van der Waals surface area contributed by atoms with Crippen molar-refractivity contribution in [3.05, 3.63) is 23.8 Å². The number of carboxylic acid groups (broad SMARTS) is 1. The number of carbonyl (C=O) groups is 2. The van der Waals surface area contributed by atoms with Crippen LogP contribution in [0.5, 0.6) is 0 Å². The van der Waals surface area contributed by atoms with Crippen LogP contribution in [0.25, 0.3) is 0 Å². The molecule has 6 heteroatoms. The Balaban J connectivity index is 1.80. The number of hydrogen-bond donors (Lipinski definition) is 3. The molecular formula is C20H25FO5. The minimum Gasteiger partial charge on any atom is -0.479 e. The van der Waals surface area contributed by atoms with Crippen LogP contribution in [0, 0.1) is 29.1 Å². The van der Waals surface area contributed by atoms with Crippen molar-refractivity contribution in [3.8, 4) is 0 Å². The maximum atomic E-state index is 16.6. The highest BCUT2D eigenvalue weighted by Crippen LogP contribution is 2.66. The summed E-state index contributed by atoms with van der Waals surface area (Å²) in [6, 6.07) is 0. The molecule has 0 aromatic heterocycles. The number of carboxylic acids is 1. The first kappa shape index (κ1) is 17.9. The van der Waals surface area contributed by atoms with Crippen molar-refractivity contribution in [2.24, 2.45) is 29.1 Å². The van der Waals surface area contributed by atoms with Crippen LogP contribution < -0.4 is 0 Å². The molecule has 0 aromatic rings. The Hall–Kier alpha value is -1.53. The van der Waals surface area contributed by atoms with Gasteiger partial charge < -0.3 is 15.3 Å². The number of rotatable bonds is 1. The van der Waals surface area contributed by atoms with E-state index in [1.807, 2.05) is 0 Å². The summed E-state index contributed by atoms with van der Waals surface area (Å²) in [7, 11) is 0. The Morgan fingerprint density at radius 2 is 2.00 bits per heavy atom. The third-order valence-electron chi connectivity index (χ3n) is 7.91. The van der Waals surface area contributed by atoms with E-state index in [4.69, 9.17) is 0 Å². The normalized spacial score (nSPS) is 52.7. The molecular weight excluding hydrogens is 339 g/mol. The molecule has 26 heavy (non-hydrogen) atoms. The Morgan fingerprint density at radius 3 is 2.65 bits per heavy atom. The molecule has 142 valence electrons. The minimum absolute atomic E-state index is 0.0878. The molecule has 5 nitrogen and oxygen atoms in total. The summed E-state index contributed by atoms with van der Waals surface area (Å²) in [5.74, 6) is -3.48. The molecule has 0 unspecified atom stereocenters. The van der Waals surface area contributed by atoms with Gasteiger partial charge in [0.2, 0.25) is 0 Å². The van der Waals surface area contributed by atoms with Gasteiger partial charge in [-0.2, -0.15) is 0 Å². The van der Waals surface area contributed by atoms with Gasteiger partial charge >= 0.3 is 5.97 Å². The number of hydrogen-bond acceptors (Lipinski definition) is 4. The molecule has 0 radical (unpaired) electrons. The van der Waals surface area contributed by atoms with Gasteiger partial charge in [-0.1, -0.05) is 18.6 Å². The third kappa shape index (κ3) is 1.87. The molecule has 3 saturated carbocycles. The lowest BCUT2D eigenvalue weighted by molar-refractivity contribution is -0.198. The molecule has 0 saturated heterocycles. The van der Waals surface area contributed by atoms with Crippen LogP contribution in [0.15, 0.2) is 23.8 Å². The predicted molar refractivity (Wildman–Crippen MR) is 90.9 cm³/mol. The highest BCUT2D eigenvalue weighted by Gasteiger charge is 2.71. The molecule has 0 aliphatic heterocycles. The van der Waals surface area contributed by atoms with Crippen LogP contribution in [0.4, 0.5) is 4.39 Å². The summed E-state index contributed by atoms with van der Waals surface area (Å²) in [6.07, 6.45) is 4.33. The van der Waals surface area contributed by atoms with E-state index in [1.165, 1.54) is 12.2 Å². The number of halogens is 1. The number of ketones is 1. The predicted octanol–water partition coefficient (Wildman–Crippen LogP) is 2.03. The molecule has 4 aliphatic rings. The molecule has 0 aromatic carbocycles. The maximum Gasteiger partial charge on any atom is 0.336 e. The van der Waals surface area contributed by atoms with E-state index in [2.05, 4.69) is 0 Å². The van der Waals surface area contributed by atoms with Crippen molar-refractivity contribution >= 4 is 11.8 Å². The molecule has 4 aliphatic carbocycles. The number of alkyl halides is 1. The largest absolute Gasteiger partial charge is 0.479 e. The first-order valence-corrected chi connectivity index (χ1v) is 9.33. The minimum atomic E-state index is -1.97. The zero-order valence-corrected chi connectivity index (χ0v) is 15.0. The first-order valence-electron chi connectivity index (χ1n) is 9.33. The average molecular weight is 364 g/mol. The topological polar surface area (TPSA) is 94.8 Å². The van der Waals surface area contributed by atoms with E-state index >= 15 is 4.39 Å². The smallest absolute Gasteiger partial charge is 0.336 e. The van der Waals surface area contributed by atoms with Crippen LogP contribution in [0.1, 0.15) is 39.5 Å². The van der Waals surface area contributed by atoms with E-state index in [1.54, 1.807) is 19.9 Å². The highest BCUT2D eigenvalue weighted by molar-refractivity contribution is 6.01. The fraction of sp³-hybridized carbons (Fsp3) is 0.700. The van der Waals surface area contributed by atoms with Gasteiger partial charge in [0.1, 0.15) is 0 Å². The van der Waals surface area contributed by atoms with E-state index in [9.17, 15) is 24.9 Å². The van der Waals surface area contributed by atoms with Gasteiger partial charge in [-0.05, 0) is 56.6 Å². The lowest BCUT2D eigenvalue weighted by Crippen LogP contribution is -2.66. The van der Waals surface area contributed by atoms with Crippen LogP contribution in [-0.4, -0.2) is 44.4 Å². The van der Waals surface area contributed by atoms with Gasteiger partial charge in [0.05, 0.1) is 6.10 Å². The molecule has 3 N–H and O–H groups in total. The molecule has 3 fully saturated rings. The zero-order valence-electron chi connectivity index (χ0n) is 15.0. The van der Waals surface area contributed by atoms with Crippen molar-refractivity contribution in [2.75, 3.05) is 0 Å². The second-order valence-electron chi connectivity index (χ2n) is 8.81. The van der Waals surface area contributed by atoms with Crippen molar-refractivity contribution in [1.82, 2.24) is 0 Å². The van der Waals surface area contributed by atoms with Crippen LogP contribution in [0.2, 0.25) is 0 Å². The summed E-state index contributed by atoms with van der Waals surface area (Å²) in [4.78, 5) is 23.5. The quantitative estimate of drug-likeness (QED) is 0.662. The Morgan fingerprint density at radius 1 is 1.31 bits per heavy atom. The van der Waals surface area contributed by atoms with Crippen molar-refractivity contribution < 1.29 is 29.3 Å². The standard InChI is InChI=1S/C20H25FO5/c1-10-7-13-14-4-3-11-8-12(22)5-6-18(11,2)20(14,21)16(23)9-15(13)19(10,26)17(24)25/h5-6,8,10,13-16,23,26H,3-4,7,9H2,1-2H3,(H,24,25)/t10-,13-,14+,15+,16+,18+,19-,20+/m1/s1. The summed E-state index contributed by atoms with van der Waals surface area (Å²) in [5, 5.41) is 31.3. The summed E-state index contributed by atoms with van der Waals surface area (Å²) in [5.41, 5.74) is -4.29. The first-order chi connectivity index (χ1) is 12.1. The Kier molecular flexibility index (Phi) is 3.61. The van der Waals surface area contributed by atoms with E-state index in [0.717, 1.165) is 0 Å². The van der Waals surface area contributed by atoms with Gasteiger partial charge in [0.15, 0.2) is 17.1 Å². The molecule has 0 heterocycles. The summed E-state index contributed by atoms with van der Waals surface area (Å²) < 4.78 is 16.6. The van der Waals surface area contributed by atoms with Gasteiger partial charge in [-0.3, -0.25) is 4.79 Å². The molecule has 0 bridgehead atoms. The van der Waals surface area contributed by atoms with Crippen molar-refractivity contribution in [1.29, 1.82) is 0 Å². The number of carbonyl (C=O) groups excluding carboxylic acids is 1. The monoisotopic (exact) mass is 364 g/mol. The molecule has 0 spiro atoms. The summed E-state index contributed by atoms with van der Waals surface area (Å²) in [6.45, 7) is 3.41. The van der Waals surface area contributed by atoms with Crippen molar-refractivity contribution in [3.63, 3.8) is 0 Å². The fourth-order valence-electron chi connectivity index (χ4n) is 6.48. The second-order valence-corrected chi connectivity index (χ2v) is 8.81. The van der Waals surface area contributed by atoms with Gasteiger partial charge in [-0.25, -0.2) is 9.18 Å². The third-order valence-corrected chi connectivity index (χ3v) is 7.91. The van der Waals surface area contributed by atoms with E-state index in [-0.39, 0.29) is 18.1 Å². The second kappa shape index (κ2) is 5.26. The summed E-state index contributed by atoms with van der Waals surface area (Å²) >= 11 is 0. The average Bonchev–Trinajstić information content (AvgIpc) is 2.83. The number of aliphatic hydroxyl groups is 2. The molecule has 0 amide bonds. The van der Waals surface area contributed by atoms with Crippen LogP contribution >= 0.6 is 0 Å². The number of fused-ring (bicyclic) bond motifs is 5. The maximum absolute atomic E-state index is 16.6.